The van der Waals surface area contributed by atoms with Gasteiger partial charge in [0.05, 0.1) is 0 Å². The van der Waals surface area contributed by atoms with Crippen LogP contribution >= 0.6 is 11.6 Å². The van der Waals surface area contributed by atoms with Gasteiger partial charge < -0.3 is 4.90 Å². The molecule has 1 aliphatic rings. The first-order valence-electron chi connectivity index (χ1n) is 4.62. The number of hydrogen-bond acceptors (Lipinski definition) is 2. The van der Waals surface area contributed by atoms with Crippen LogP contribution in [0.15, 0.2) is 18.3 Å². The van der Waals surface area contributed by atoms with Gasteiger partial charge in [0, 0.05) is 25.0 Å². The Hall–Kier alpha value is -0.760. The van der Waals surface area contributed by atoms with E-state index in [1.807, 2.05) is 12.1 Å². The lowest BCUT2D eigenvalue weighted by Gasteiger charge is -2.36. The number of hydrogen-bond donors (Lipinski definition) is 0. The molecule has 2 rings (SSSR count). The van der Waals surface area contributed by atoms with Crippen LogP contribution in [0.5, 0.6) is 0 Å². The van der Waals surface area contributed by atoms with Gasteiger partial charge >= 0.3 is 0 Å². The summed E-state index contributed by atoms with van der Waals surface area (Å²) >= 11 is 5.82. The van der Waals surface area contributed by atoms with E-state index in [2.05, 4.69) is 16.9 Å². The summed E-state index contributed by atoms with van der Waals surface area (Å²) in [6.45, 7) is 0. The summed E-state index contributed by atoms with van der Waals surface area (Å²) in [7, 11) is 2.12. The van der Waals surface area contributed by atoms with Crippen LogP contribution < -0.4 is 4.90 Å². The number of rotatable bonds is 2. The standard InChI is InChI=1S/C10H13ClN2/c1-13(8-3-2-4-8)9-5-6-12-10(11)7-9/h5-8H,2-4H2,1H3. The van der Waals surface area contributed by atoms with Gasteiger partial charge in [-0.3, -0.25) is 0 Å². The van der Waals surface area contributed by atoms with Crippen molar-refractivity contribution in [2.45, 2.75) is 25.3 Å². The molecule has 0 spiro atoms. The van der Waals surface area contributed by atoms with Gasteiger partial charge in [-0.25, -0.2) is 4.98 Å². The fraction of sp³-hybridized carbons (Fsp3) is 0.500. The third-order valence-electron chi connectivity index (χ3n) is 2.74. The van der Waals surface area contributed by atoms with Crippen molar-refractivity contribution in [3.8, 4) is 0 Å². The van der Waals surface area contributed by atoms with E-state index in [0.717, 1.165) is 0 Å². The molecule has 0 atom stereocenters. The van der Waals surface area contributed by atoms with Gasteiger partial charge in [-0.15, -0.1) is 0 Å². The highest BCUT2D eigenvalue weighted by Crippen LogP contribution is 2.28. The molecular weight excluding hydrogens is 184 g/mol. The minimum atomic E-state index is 0.573. The SMILES string of the molecule is CN(c1ccnc(Cl)c1)C1CCC1. The third-order valence-corrected chi connectivity index (χ3v) is 2.95. The zero-order valence-electron chi connectivity index (χ0n) is 7.70. The van der Waals surface area contributed by atoms with Crippen molar-refractivity contribution in [3.05, 3.63) is 23.5 Å². The van der Waals surface area contributed by atoms with Gasteiger partial charge in [0.25, 0.3) is 0 Å². The van der Waals surface area contributed by atoms with E-state index in [9.17, 15) is 0 Å². The molecule has 1 aromatic rings. The van der Waals surface area contributed by atoms with E-state index in [4.69, 9.17) is 11.6 Å². The van der Waals surface area contributed by atoms with Crippen molar-refractivity contribution in [2.24, 2.45) is 0 Å². The van der Waals surface area contributed by atoms with Gasteiger partial charge in [0.15, 0.2) is 0 Å². The minimum absolute atomic E-state index is 0.573. The first-order chi connectivity index (χ1) is 6.27. The summed E-state index contributed by atoms with van der Waals surface area (Å²) in [5.74, 6) is 0. The third kappa shape index (κ3) is 1.78. The minimum Gasteiger partial charge on any atom is -0.371 e. The maximum Gasteiger partial charge on any atom is 0.131 e. The van der Waals surface area contributed by atoms with Crippen molar-refractivity contribution in [1.29, 1.82) is 0 Å². The maximum absolute atomic E-state index is 5.82. The van der Waals surface area contributed by atoms with Crippen LogP contribution in [0, 0.1) is 0 Å². The Bertz CT molecular complexity index is 297. The van der Waals surface area contributed by atoms with Crippen LogP contribution in [0.4, 0.5) is 5.69 Å². The van der Waals surface area contributed by atoms with E-state index in [1.54, 1.807) is 6.20 Å². The van der Waals surface area contributed by atoms with Gasteiger partial charge in [0.1, 0.15) is 5.15 Å². The van der Waals surface area contributed by atoms with E-state index < -0.39 is 0 Å². The maximum atomic E-state index is 5.82. The molecule has 0 bridgehead atoms. The second-order valence-electron chi connectivity index (χ2n) is 3.53. The molecule has 3 heteroatoms. The Morgan fingerprint density at radius 2 is 2.31 bits per heavy atom. The fourth-order valence-corrected chi connectivity index (χ4v) is 1.76. The molecule has 2 nitrogen and oxygen atoms in total. The summed E-state index contributed by atoms with van der Waals surface area (Å²) in [6, 6.07) is 4.63. The van der Waals surface area contributed by atoms with Crippen molar-refractivity contribution in [3.63, 3.8) is 0 Å². The molecule has 1 heterocycles. The normalized spacial score (nSPS) is 16.8. The van der Waals surface area contributed by atoms with Gasteiger partial charge in [0.2, 0.25) is 0 Å². The van der Waals surface area contributed by atoms with Crippen molar-refractivity contribution >= 4 is 17.3 Å². The molecule has 1 saturated carbocycles. The van der Waals surface area contributed by atoms with Crippen LogP contribution in [0.25, 0.3) is 0 Å². The number of halogens is 1. The van der Waals surface area contributed by atoms with E-state index in [0.29, 0.717) is 11.2 Å². The number of nitrogens with zero attached hydrogens (tertiary/aromatic N) is 2. The molecule has 0 N–H and O–H groups in total. The Kier molecular flexibility index (Phi) is 2.40. The average Bonchev–Trinajstić information content (AvgIpc) is 2.01. The molecule has 1 aromatic heterocycles. The summed E-state index contributed by atoms with van der Waals surface area (Å²) in [5, 5.41) is 0.573. The summed E-state index contributed by atoms with van der Waals surface area (Å²) in [6.07, 6.45) is 5.72. The highest BCUT2D eigenvalue weighted by molar-refractivity contribution is 6.29. The van der Waals surface area contributed by atoms with Gasteiger partial charge in [-0.2, -0.15) is 0 Å². The fourth-order valence-electron chi connectivity index (χ4n) is 1.60. The molecule has 0 aliphatic heterocycles. The monoisotopic (exact) mass is 196 g/mol. The van der Waals surface area contributed by atoms with Crippen molar-refractivity contribution < 1.29 is 0 Å². The first kappa shape index (κ1) is 8.82. The smallest absolute Gasteiger partial charge is 0.131 e. The number of anilines is 1. The predicted molar refractivity (Wildman–Crippen MR) is 55.3 cm³/mol. The zero-order chi connectivity index (χ0) is 9.26. The van der Waals surface area contributed by atoms with Crippen molar-refractivity contribution in [2.75, 3.05) is 11.9 Å². The van der Waals surface area contributed by atoms with Crippen LogP contribution in [0.3, 0.4) is 0 Å². The summed E-state index contributed by atoms with van der Waals surface area (Å²) in [5.41, 5.74) is 1.17. The van der Waals surface area contributed by atoms with E-state index in [-0.39, 0.29) is 0 Å². The second kappa shape index (κ2) is 3.54. The molecule has 0 radical (unpaired) electrons. The topological polar surface area (TPSA) is 16.1 Å². The number of aromatic nitrogens is 1. The van der Waals surface area contributed by atoms with Crippen LogP contribution in [0.1, 0.15) is 19.3 Å². The lowest BCUT2D eigenvalue weighted by atomic mass is 9.91. The van der Waals surface area contributed by atoms with Gasteiger partial charge in [-0.1, -0.05) is 11.6 Å². The lowest BCUT2D eigenvalue weighted by molar-refractivity contribution is 0.401. The predicted octanol–water partition coefficient (Wildman–Crippen LogP) is 2.72. The largest absolute Gasteiger partial charge is 0.371 e. The molecule has 70 valence electrons. The zero-order valence-corrected chi connectivity index (χ0v) is 8.46. The van der Waals surface area contributed by atoms with Crippen LogP contribution in [0.2, 0.25) is 5.15 Å². The van der Waals surface area contributed by atoms with E-state index >= 15 is 0 Å². The first-order valence-corrected chi connectivity index (χ1v) is 4.99. The summed E-state index contributed by atoms with van der Waals surface area (Å²) < 4.78 is 0. The van der Waals surface area contributed by atoms with Crippen LogP contribution in [-0.4, -0.2) is 18.1 Å². The number of pyridine rings is 1. The molecular formula is C10H13ClN2. The molecule has 0 aromatic carbocycles. The van der Waals surface area contributed by atoms with Gasteiger partial charge in [-0.05, 0) is 31.4 Å². The Morgan fingerprint density at radius 1 is 1.54 bits per heavy atom. The Balaban J connectivity index is 2.14. The van der Waals surface area contributed by atoms with Crippen LogP contribution in [-0.2, 0) is 0 Å². The average molecular weight is 197 g/mol. The summed E-state index contributed by atoms with van der Waals surface area (Å²) in [4.78, 5) is 6.25. The van der Waals surface area contributed by atoms with E-state index in [1.165, 1.54) is 24.9 Å². The molecule has 0 amide bonds. The lowest BCUT2D eigenvalue weighted by Crippen LogP contribution is -2.37. The molecule has 0 unspecified atom stereocenters. The molecule has 1 fully saturated rings. The highest BCUT2D eigenvalue weighted by atomic mass is 35.5. The van der Waals surface area contributed by atoms with Crippen molar-refractivity contribution in [1.82, 2.24) is 4.98 Å². The Labute approximate surface area is 83.5 Å². The highest BCUT2D eigenvalue weighted by Gasteiger charge is 2.22. The second-order valence-corrected chi connectivity index (χ2v) is 3.92. The Morgan fingerprint density at radius 3 is 2.85 bits per heavy atom. The molecule has 13 heavy (non-hydrogen) atoms. The molecule has 1 aliphatic carbocycles. The molecule has 0 saturated heterocycles. The quantitative estimate of drug-likeness (QED) is 0.677.